The molecule has 1 aromatic carbocycles. The van der Waals surface area contributed by atoms with Crippen LogP contribution in [0.5, 0.6) is 5.75 Å². The van der Waals surface area contributed by atoms with Gasteiger partial charge in [-0.2, -0.15) is 0 Å². The lowest BCUT2D eigenvalue weighted by Crippen LogP contribution is -2.20. The molecule has 0 aliphatic heterocycles. The maximum Gasteiger partial charge on any atom is 0.319 e. The first-order valence-corrected chi connectivity index (χ1v) is 6.09. The van der Waals surface area contributed by atoms with Crippen LogP contribution in [-0.4, -0.2) is 19.7 Å². The van der Waals surface area contributed by atoms with Crippen LogP contribution in [0.15, 0.2) is 46.9 Å². The molecule has 0 saturated heterocycles. The van der Waals surface area contributed by atoms with Crippen LogP contribution in [-0.2, 0) is 9.53 Å². The van der Waals surface area contributed by atoms with Gasteiger partial charge in [0.2, 0.25) is 0 Å². The quantitative estimate of drug-likeness (QED) is 0.789. The van der Waals surface area contributed by atoms with Gasteiger partial charge in [0, 0.05) is 0 Å². The van der Waals surface area contributed by atoms with E-state index in [-0.39, 0.29) is 11.8 Å². The second-order valence-corrected chi connectivity index (χ2v) is 4.21. The van der Waals surface area contributed by atoms with Gasteiger partial charge in [-0.05, 0) is 35.9 Å². The zero-order chi connectivity index (χ0) is 13.7. The zero-order valence-electron chi connectivity index (χ0n) is 10.3. The Kier molecular flexibility index (Phi) is 4.47. The molecule has 2 aromatic rings. The average Bonchev–Trinajstić information content (AvgIpc) is 2.86. The summed E-state index contributed by atoms with van der Waals surface area (Å²) in [5, 5.41) is 0.226. The highest BCUT2D eigenvalue weighted by Crippen LogP contribution is 2.24. The van der Waals surface area contributed by atoms with E-state index in [2.05, 4.69) is 0 Å². The molecule has 19 heavy (non-hydrogen) atoms. The maximum absolute atomic E-state index is 11.7. The van der Waals surface area contributed by atoms with Crippen LogP contribution in [0.4, 0.5) is 0 Å². The van der Waals surface area contributed by atoms with E-state index < -0.39 is 11.9 Å². The zero-order valence-corrected chi connectivity index (χ0v) is 11.1. The fourth-order valence-corrected chi connectivity index (χ4v) is 1.77. The molecule has 0 N–H and O–H groups in total. The van der Waals surface area contributed by atoms with Crippen LogP contribution >= 0.6 is 11.6 Å². The Balaban J connectivity index is 2.09. The minimum Gasteiger partial charge on any atom is -0.492 e. The summed E-state index contributed by atoms with van der Waals surface area (Å²) in [6.45, 7) is 0.126. The second kappa shape index (κ2) is 6.29. The summed E-state index contributed by atoms with van der Waals surface area (Å²) < 4.78 is 15.5. The van der Waals surface area contributed by atoms with Gasteiger partial charge in [-0.25, -0.2) is 0 Å². The molecule has 0 fully saturated rings. The lowest BCUT2D eigenvalue weighted by molar-refractivity contribution is -0.143. The number of carbonyl (C=O) groups excluding carboxylic acids is 1. The number of furan rings is 1. The molecule has 5 heteroatoms. The monoisotopic (exact) mass is 280 g/mol. The molecule has 2 rings (SSSR count). The van der Waals surface area contributed by atoms with Gasteiger partial charge in [0.1, 0.15) is 24.0 Å². The Morgan fingerprint density at radius 2 is 2.00 bits per heavy atom. The largest absolute Gasteiger partial charge is 0.492 e. The average molecular weight is 281 g/mol. The third-order valence-electron chi connectivity index (χ3n) is 2.58. The lowest BCUT2D eigenvalue weighted by atomic mass is 10.1. The van der Waals surface area contributed by atoms with Gasteiger partial charge in [0.25, 0.3) is 0 Å². The summed E-state index contributed by atoms with van der Waals surface area (Å²) in [4.78, 5) is 11.7. The molecule has 1 heterocycles. The summed E-state index contributed by atoms with van der Waals surface area (Å²) >= 11 is 5.71. The maximum atomic E-state index is 11.7. The Labute approximate surface area is 115 Å². The number of carbonyl (C=O) groups is 1. The third-order valence-corrected chi connectivity index (χ3v) is 2.79. The number of ether oxygens (including phenoxy) is 2. The number of halogens is 1. The van der Waals surface area contributed by atoms with E-state index in [0.717, 1.165) is 0 Å². The first kappa shape index (κ1) is 13.5. The molecule has 0 saturated carbocycles. The highest BCUT2D eigenvalue weighted by Gasteiger charge is 2.25. The van der Waals surface area contributed by atoms with Gasteiger partial charge in [-0.1, -0.05) is 18.2 Å². The first-order chi connectivity index (χ1) is 9.20. The fraction of sp³-hybridized carbons (Fsp3) is 0.214. The Morgan fingerprint density at radius 1 is 1.26 bits per heavy atom. The van der Waals surface area contributed by atoms with Crippen molar-refractivity contribution in [2.24, 2.45) is 0 Å². The number of rotatable bonds is 5. The standard InChI is InChI=1S/C14H13ClO4/c1-17-14(16)11(12-7-8-13(15)19-12)9-18-10-5-3-2-4-6-10/h2-8,11H,9H2,1H3. The molecule has 0 bridgehead atoms. The summed E-state index contributed by atoms with van der Waals surface area (Å²) in [5.41, 5.74) is 0. The normalized spacial score (nSPS) is 11.9. The number of methoxy groups -OCH3 is 1. The molecule has 0 radical (unpaired) electrons. The number of hydrogen-bond donors (Lipinski definition) is 0. The topological polar surface area (TPSA) is 48.7 Å². The van der Waals surface area contributed by atoms with Gasteiger partial charge >= 0.3 is 5.97 Å². The van der Waals surface area contributed by atoms with Crippen LogP contribution in [0.3, 0.4) is 0 Å². The summed E-state index contributed by atoms with van der Waals surface area (Å²) in [7, 11) is 1.32. The van der Waals surface area contributed by atoms with Crippen LogP contribution in [0, 0.1) is 0 Å². The fourth-order valence-electron chi connectivity index (χ4n) is 1.62. The Bertz CT molecular complexity index is 535. The first-order valence-electron chi connectivity index (χ1n) is 5.71. The highest BCUT2D eigenvalue weighted by atomic mass is 35.5. The van der Waals surface area contributed by atoms with E-state index in [4.69, 9.17) is 25.5 Å². The predicted octanol–water partition coefficient (Wildman–Crippen LogP) is 3.27. The van der Waals surface area contributed by atoms with E-state index in [9.17, 15) is 4.79 Å². The number of esters is 1. The molecule has 1 aromatic heterocycles. The van der Waals surface area contributed by atoms with E-state index in [1.54, 1.807) is 12.1 Å². The van der Waals surface area contributed by atoms with Crippen molar-refractivity contribution in [1.29, 1.82) is 0 Å². The summed E-state index contributed by atoms with van der Waals surface area (Å²) in [5.74, 6) is 0.0292. The van der Waals surface area contributed by atoms with Gasteiger partial charge in [-0.15, -0.1) is 0 Å². The molecular formula is C14H13ClO4. The second-order valence-electron chi connectivity index (χ2n) is 3.84. The minimum atomic E-state index is -0.641. The molecular weight excluding hydrogens is 268 g/mol. The molecule has 4 nitrogen and oxygen atoms in total. The SMILES string of the molecule is COC(=O)C(COc1ccccc1)c1ccc(Cl)o1. The van der Waals surface area contributed by atoms with Crippen molar-refractivity contribution in [3.05, 3.63) is 53.4 Å². The number of para-hydroxylation sites is 1. The third kappa shape index (κ3) is 3.51. The van der Waals surface area contributed by atoms with Crippen LogP contribution in [0.1, 0.15) is 11.7 Å². The smallest absolute Gasteiger partial charge is 0.319 e. The van der Waals surface area contributed by atoms with Crippen molar-refractivity contribution in [3.8, 4) is 5.75 Å². The number of hydrogen-bond acceptors (Lipinski definition) is 4. The predicted molar refractivity (Wildman–Crippen MR) is 70.4 cm³/mol. The van der Waals surface area contributed by atoms with E-state index in [1.807, 2.05) is 30.3 Å². The molecule has 0 aliphatic carbocycles. The molecule has 0 spiro atoms. The highest BCUT2D eigenvalue weighted by molar-refractivity contribution is 6.28. The van der Waals surface area contributed by atoms with Crippen molar-refractivity contribution in [1.82, 2.24) is 0 Å². The molecule has 1 unspecified atom stereocenters. The van der Waals surface area contributed by atoms with Crippen molar-refractivity contribution >= 4 is 17.6 Å². The van der Waals surface area contributed by atoms with Gasteiger partial charge < -0.3 is 13.9 Å². The minimum absolute atomic E-state index is 0.126. The van der Waals surface area contributed by atoms with E-state index in [1.165, 1.54) is 7.11 Å². The van der Waals surface area contributed by atoms with Crippen molar-refractivity contribution in [2.75, 3.05) is 13.7 Å². The number of benzene rings is 1. The van der Waals surface area contributed by atoms with Crippen molar-refractivity contribution in [3.63, 3.8) is 0 Å². The van der Waals surface area contributed by atoms with Crippen molar-refractivity contribution in [2.45, 2.75) is 5.92 Å². The van der Waals surface area contributed by atoms with Crippen molar-refractivity contribution < 1.29 is 18.7 Å². The molecule has 1 atom stereocenters. The van der Waals surface area contributed by atoms with Crippen LogP contribution in [0.2, 0.25) is 5.22 Å². The van der Waals surface area contributed by atoms with Gasteiger partial charge in [0.15, 0.2) is 5.22 Å². The Morgan fingerprint density at radius 3 is 2.58 bits per heavy atom. The Hall–Kier alpha value is -1.94. The molecule has 0 amide bonds. The van der Waals surface area contributed by atoms with Crippen LogP contribution in [0.25, 0.3) is 0 Å². The van der Waals surface area contributed by atoms with Crippen LogP contribution < -0.4 is 4.74 Å². The lowest BCUT2D eigenvalue weighted by Gasteiger charge is -2.13. The van der Waals surface area contributed by atoms with E-state index >= 15 is 0 Å². The summed E-state index contributed by atoms with van der Waals surface area (Å²) in [6, 6.07) is 12.4. The van der Waals surface area contributed by atoms with E-state index in [0.29, 0.717) is 11.5 Å². The molecule has 100 valence electrons. The van der Waals surface area contributed by atoms with Gasteiger partial charge in [-0.3, -0.25) is 4.79 Å². The summed E-state index contributed by atoms with van der Waals surface area (Å²) in [6.07, 6.45) is 0. The molecule has 0 aliphatic rings. The van der Waals surface area contributed by atoms with Gasteiger partial charge in [0.05, 0.1) is 7.11 Å².